The highest BCUT2D eigenvalue weighted by atomic mass is 16.5. The summed E-state index contributed by atoms with van der Waals surface area (Å²) in [5, 5.41) is 12.0. The van der Waals surface area contributed by atoms with E-state index in [0.29, 0.717) is 22.7 Å². The Balaban J connectivity index is 2.65. The van der Waals surface area contributed by atoms with Crippen LogP contribution in [-0.2, 0) is 6.61 Å². The SMILES string of the molecule is COc1ccccc1-n1[nH]c(C)c(CO)c1=O. The van der Waals surface area contributed by atoms with Crippen LogP contribution in [0.15, 0.2) is 29.1 Å². The van der Waals surface area contributed by atoms with Crippen molar-refractivity contribution in [2.75, 3.05) is 7.11 Å². The third-order valence-electron chi connectivity index (χ3n) is 2.68. The molecule has 0 aliphatic heterocycles. The Morgan fingerprint density at radius 3 is 2.71 bits per heavy atom. The number of para-hydroxylation sites is 2. The van der Waals surface area contributed by atoms with Crippen molar-refractivity contribution in [3.8, 4) is 11.4 Å². The lowest BCUT2D eigenvalue weighted by Gasteiger charge is -2.07. The van der Waals surface area contributed by atoms with E-state index in [1.54, 1.807) is 26.2 Å². The van der Waals surface area contributed by atoms with Gasteiger partial charge in [0.2, 0.25) is 0 Å². The van der Waals surface area contributed by atoms with Crippen LogP contribution in [0.4, 0.5) is 0 Å². The molecule has 0 amide bonds. The van der Waals surface area contributed by atoms with Crippen LogP contribution >= 0.6 is 0 Å². The number of methoxy groups -OCH3 is 1. The summed E-state index contributed by atoms with van der Waals surface area (Å²) in [6.45, 7) is 1.47. The molecule has 0 atom stereocenters. The van der Waals surface area contributed by atoms with E-state index >= 15 is 0 Å². The molecule has 0 aliphatic carbocycles. The second kappa shape index (κ2) is 4.47. The zero-order valence-electron chi connectivity index (χ0n) is 9.73. The van der Waals surface area contributed by atoms with Gasteiger partial charge in [-0.15, -0.1) is 0 Å². The molecule has 0 fully saturated rings. The third-order valence-corrected chi connectivity index (χ3v) is 2.68. The van der Waals surface area contributed by atoms with E-state index < -0.39 is 0 Å². The van der Waals surface area contributed by atoms with E-state index in [-0.39, 0.29) is 12.2 Å². The van der Waals surface area contributed by atoms with Crippen molar-refractivity contribution in [3.63, 3.8) is 0 Å². The molecule has 1 heterocycles. The van der Waals surface area contributed by atoms with Crippen molar-refractivity contribution in [2.45, 2.75) is 13.5 Å². The van der Waals surface area contributed by atoms with Crippen LogP contribution in [0.1, 0.15) is 11.3 Å². The molecule has 2 aromatic rings. The summed E-state index contributed by atoms with van der Waals surface area (Å²) < 4.78 is 6.57. The van der Waals surface area contributed by atoms with E-state index in [4.69, 9.17) is 9.84 Å². The number of aliphatic hydroxyl groups excluding tert-OH is 1. The predicted octanol–water partition coefficient (Wildman–Crippen LogP) is 0.975. The van der Waals surface area contributed by atoms with Crippen LogP contribution < -0.4 is 10.3 Å². The van der Waals surface area contributed by atoms with Crippen LogP contribution in [0.25, 0.3) is 5.69 Å². The van der Waals surface area contributed by atoms with Crippen molar-refractivity contribution >= 4 is 0 Å². The maximum absolute atomic E-state index is 12.0. The third kappa shape index (κ3) is 1.85. The van der Waals surface area contributed by atoms with E-state index in [1.165, 1.54) is 4.68 Å². The number of hydrogen-bond acceptors (Lipinski definition) is 3. The molecule has 90 valence electrons. The number of rotatable bonds is 3. The molecule has 5 nitrogen and oxygen atoms in total. The Bertz CT molecular complexity index is 584. The summed E-state index contributed by atoms with van der Waals surface area (Å²) in [6, 6.07) is 7.20. The molecule has 0 spiro atoms. The van der Waals surface area contributed by atoms with Gasteiger partial charge < -0.3 is 9.84 Å². The molecule has 0 aliphatic rings. The highest BCUT2D eigenvalue weighted by molar-refractivity contribution is 5.46. The highest BCUT2D eigenvalue weighted by Gasteiger charge is 2.13. The molecule has 1 aromatic carbocycles. The molecule has 2 rings (SSSR count). The van der Waals surface area contributed by atoms with E-state index in [0.717, 1.165) is 0 Å². The molecule has 0 unspecified atom stereocenters. The highest BCUT2D eigenvalue weighted by Crippen LogP contribution is 2.20. The number of H-pyrrole nitrogens is 1. The lowest BCUT2D eigenvalue weighted by atomic mass is 10.2. The number of aromatic amines is 1. The maximum atomic E-state index is 12.0. The fourth-order valence-electron chi connectivity index (χ4n) is 1.75. The average Bonchev–Trinajstić information content (AvgIpc) is 2.64. The summed E-state index contributed by atoms with van der Waals surface area (Å²) in [7, 11) is 1.55. The summed E-state index contributed by atoms with van der Waals surface area (Å²) in [5.41, 5.74) is 1.40. The number of nitrogens with zero attached hydrogens (tertiary/aromatic N) is 1. The van der Waals surface area contributed by atoms with Gasteiger partial charge in [-0.3, -0.25) is 9.89 Å². The molecular formula is C12H14N2O3. The number of benzene rings is 1. The van der Waals surface area contributed by atoms with Crippen LogP contribution in [0.3, 0.4) is 0 Å². The van der Waals surface area contributed by atoms with Crippen LogP contribution in [0.5, 0.6) is 5.75 Å². The Kier molecular flexibility index (Phi) is 3.01. The Morgan fingerprint density at radius 1 is 1.41 bits per heavy atom. The second-order valence-electron chi connectivity index (χ2n) is 3.69. The van der Waals surface area contributed by atoms with Crippen molar-refractivity contribution in [2.24, 2.45) is 0 Å². The maximum Gasteiger partial charge on any atom is 0.277 e. The zero-order chi connectivity index (χ0) is 12.4. The Morgan fingerprint density at radius 2 is 2.12 bits per heavy atom. The van der Waals surface area contributed by atoms with Gasteiger partial charge in [-0.2, -0.15) is 0 Å². The number of hydrogen-bond donors (Lipinski definition) is 2. The molecule has 0 saturated heterocycles. The minimum Gasteiger partial charge on any atom is -0.494 e. The van der Waals surface area contributed by atoms with Gasteiger partial charge in [0.05, 0.1) is 19.3 Å². The first-order valence-electron chi connectivity index (χ1n) is 5.23. The zero-order valence-corrected chi connectivity index (χ0v) is 9.73. The van der Waals surface area contributed by atoms with Gasteiger partial charge in [-0.25, -0.2) is 4.68 Å². The number of aliphatic hydroxyl groups is 1. The molecule has 5 heteroatoms. The molecule has 1 aromatic heterocycles. The van der Waals surface area contributed by atoms with Gasteiger partial charge in [-0.1, -0.05) is 12.1 Å². The average molecular weight is 234 g/mol. The molecule has 2 N–H and O–H groups in total. The number of aryl methyl sites for hydroxylation is 1. The fourth-order valence-corrected chi connectivity index (χ4v) is 1.75. The number of aromatic nitrogens is 2. The van der Waals surface area contributed by atoms with Crippen molar-refractivity contribution in [3.05, 3.63) is 45.9 Å². The molecule has 0 bridgehead atoms. The molecule has 0 radical (unpaired) electrons. The second-order valence-corrected chi connectivity index (χ2v) is 3.69. The lowest BCUT2D eigenvalue weighted by molar-refractivity contribution is 0.280. The fraction of sp³-hybridized carbons (Fsp3) is 0.250. The first-order valence-corrected chi connectivity index (χ1v) is 5.23. The summed E-state index contributed by atoms with van der Waals surface area (Å²) >= 11 is 0. The summed E-state index contributed by atoms with van der Waals surface area (Å²) in [5.74, 6) is 0.598. The standard InChI is InChI=1S/C12H14N2O3/c1-8-9(7-15)12(16)14(13-8)10-5-3-4-6-11(10)17-2/h3-6,13,15H,7H2,1-2H3. The summed E-state index contributed by atoms with van der Waals surface area (Å²) in [6.07, 6.45) is 0. The first kappa shape index (κ1) is 11.5. The number of nitrogens with one attached hydrogen (secondary N) is 1. The Labute approximate surface area is 98.3 Å². The van der Waals surface area contributed by atoms with Crippen molar-refractivity contribution in [1.82, 2.24) is 9.78 Å². The van der Waals surface area contributed by atoms with Gasteiger partial charge in [0.25, 0.3) is 5.56 Å². The monoisotopic (exact) mass is 234 g/mol. The normalized spacial score (nSPS) is 10.5. The van der Waals surface area contributed by atoms with Gasteiger partial charge >= 0.3 is 0 Å². The van der Waals surface area contributed by atoms with Crippen LogP contribution in [0, 0.1) is 6.92 Å². The topological polar surface area (TPSA) is 67.2 Å². The predicted molar refractivity (Wildman–Crippen MR) is 63.6 cm³/mol. The molecule has 17 heavy (non-hydrogen) atoms. The quantitative estimate of drug-likeness (QED) is 0.831. The Hall–Kier alpha value is -2.01. The smallest absolute Gasteiger partial charge is 0.277 e. The van der Waals surface area contributed by atoms with Crippen molar-refractivity contribution in [1.29, 1.82) is 0 Å². The van der Waals surface area contributed by atoms with E-state index in [2.05, 4.69) is 5.10 Å². The minimum atomic E-state index is -0.274. The summed E-state index contributed by atoms with van der Waals surface area (Å²) in [4.78, 5) is 12.0. The van der Waals surface area contributed by atoms with Gasteiger partial charge in [-0.05, 0) is 19.1 Å². The van der Waals surface area contributed by atoms with Crippen LogP contribution in [0.2, 0.25) is 0 Å². The molecule has 0 saturated carbocycles. The van der Waals surface area contributed by atoms with Crippen LogP contribution in [-0.4, -0.2) is 22.0 Å². The lowest BCUT2D eigenvalue weighted by Crippen LogP contribution is -2.17. The molecular weight excluding hydrogens is 220 g/mol. The van der Waals surface area contributed by atoms with Crippen molar-refractivity contribution < 1.29 is 9.84 Å². The largest absolute Gasteiger partial charge is 0.494 e. The van der Waals surface area contributed by atoms with Gasteiger partial charge in [0.15, 0.2) is 0 Å². The number of ether oxygens (including phenoxy) is 1. The van der Waals surface area contributed by atoms with Gasteiger partial charge in [0, 0.05) is 5.69 Å². The minimum absolute atomic E-state index is 0.255. The van der Waals surface area contributed by atoms with Gasteiger partial charge in [0.1, 0.15) is 11.4 Å². The van der Waals surface area contributed by atoms with E-state index in [9.17, 15) is 4.79 Å². The van der Waals surface area contributed by atoms with E-state index in [1.807, 2.05) is 12.1 Å². The first-order chi connectivity index (χ1) is 8.19.